The minimum Gasteiger partial charge on any atom is -0.481 e. The summed E-state index contributed by atoms with van der Waals surface area (Å²) < 4.78 is 0. The van der Waals surface area contributed by atoms with E-state index >= 15 is 0 Å². The summed E-state index contributed by atoms with van der Waals surface area (Å²) in [6, 6.07) is -4.82. The van der Waals surface area contributed by atoms with Gasteiger partial charge in [0.15, 0.2) is 0 Å². The highest BCUT2D eigenvalue weighted by molar-refractivity contribution is 6.05. The zero-order chi connectivity index (χ0) is 34.0. The number of carbonyl (C=O) groups is 7. The largest absolute Gasteiger partial charge is 0.481 e. The van der Waals surface area contributed by atoms with Crippen molar-refractivity contribution in [3.05, 3.63) is 0 Å². The molecule has 3 atom stereocenters. The van der Waals surface area contributed by atoms with Crippen LogP contribution in [0.15, 0.2) is 0 Å². The second kappa shape index (κ2) is 25.6. The third kappa shape index (κ3) is 23.4. The second-order valence-electron chi connectivity index (χ2n) is 11.5. The van der Waals surface area contributed by atoms with Crippen LogP contribution in [0.1, 0.15) is 135 Å². The van der Waals surface area contributed by atoms with Gasteiger partial charge in [-0.1, -0.05) is 89.9 Å². The maximum atomic E-state index is 12.2. The molecule has 258 valence electrons. The van der Waals surface area contributed by atoms with E-state index in [0.717, 1.165) is 51.9 Å². The fraction of sp³-hybridized carbons (Fsp3) is 0.774. The normalized spacial score (nSPS) is 12.8. The standard InChI is InChI=1S/C31H53N3O11/c1-22(29(40)41)32-28(39)27(31(44)45)34-25(36)21-20-23(30(42)43)33-24(35)18-16-14-12-10-8-6-4-2-3-5-7-9-11-13-15-17-19-26(37)38/h22-23,27H,2-21H2,1H3,(H,32,39)(H,33,35)(H,34,36)(H,37,38)(H,40,41)(H,42,43)(H,44,45)/t22-,23-,27-/m0/s1. The molecule has 0 aromatic rings. The van der Waals surface area contributed by atoms with Gasteiger partial charge in [0.25, 0.3) is 5.91 Å². The van der Waals surface area contributed by atoms with Gasteiger partial charge in [-0.3, -0.25) is 24.0 Å². The fourth-order valence-corrected chi connectivity index (χ4v) is 4.67. The van der Waals surface area contributed by atoms with Crippen LogP contribution < -0.4 is 16.0 Å². The first-order valence-corrected chi connectivity index (χ1v) is 16.1. The van der Waals surface area contributed by atoms with Crippen LogP contribution in [-0.2, 0) is 33.6 Å². The highest BCUT2D eigenvalue weighted by Gasteiger charge is 2.31. The van der Waals surface area contributed by atoms with Gasteiger partial charge >= 0.3 is 23.9 Å². The number of nitrogens with one attached hydrogen (secondary N) is 3. The summed E-state index contributed by atoms with van der Waals surface area (Å²) in [5, 5.41) is 42.3. The lowest BCUT2D eigenvalue weighted by molar-refractivity contribution is -0.149. The summed E-state index contributed by atoms with van der Waals surface area (Å²) in [6.45, 7) is 1.12. The first-order valence-electron chi connectivity index (χ1n) is 16.1. The number of hydrogen-bond donors (Lipinski definition) is 7. The van der Waals surface area contributed by atoms with Gasteiger partial charge in [-0.15, -0.1) is 0 Å². The Morgan fingerprint density at radius 3 is 1.24 bits per heavy atom. The van der Waals surface area contributed by atoms with Crippen molar-refractivity contribution in [2.45, 2.75) is 153 Å². The van der Waals surface area contributed by atoms with Crippen LogP contribution in [0.2, 0.25) is 0 Å². The number of unbranched alkanes of at least 4 members (excludes halogenated alkanes) is 15. The fourth-order valence-electron chi connectivity index (χ4n) is 4.67. The van der Waals surface area contributed by atoms with Gasteiger partial charge in [0, 0.05) is 19.3 Å². The summed E-state index contributed by atoms with van der Waals surface area (Å²) in [4.78, 5) is 80.6. The molecule has 0 bridgehead atoms. The molecule has 0 heterocycles. The average Bonchev–Trinajstić information content (AvgIpc) is 2.96. The van der Waals surface area contributed by atoms with E-state index in [-0.39, 0.29) is 19.3 Å². The zero-order valence-corrected chi connectivity index (χ0v) is 26.5. The third-order valence-corrected chi connectivity index (χ3v) is 7.38. The van der Waals surface area contributed by atoms with Crippen molar-refractivity contribution in [1.29, 1.82) is 0 Å². The SMILES string of the molecule is C[C@H](NC(=O)[C@H](NC(=O)CC[C@H](NC(=O)CCCCCCCCCCCCCCCCCCC(=O)O)C(=O)O)C(=O)O)C(=O)O. The molecular weight excluding hydrogens is 590 g/mol. The highest BCUT2D eigenvalue weighted by atomic mass is 16.4. The van der Waals surface area contributed by atoms with Gasteiger partial charge < -0.3 is 36.4 Å². The van der Waals surface area contributed by atoms with E-state index < -0.39 is 66.1 Å². The Morgan fingerprint density at radius 1 is 0.467 bits per heavy atom. The van der Waals surface area contributed by atoms with Crippen molar-refractivity contribution in [1.82, 2.24) is 16.0 Å². The first-order chi connectivity index (χ1) is 21.3. The lowest BCUT2D eigenvalue weighted by Gasteiger charge is -2.18. The van der Waals surface area contributed by atoms with E-state index in [1.54, 1.807) is 0 Å². The summed E-state index contributed by atoms with van der Waals surface area (Å²) in [5.74, 6) is -7.84. The Bertz CT molecular complexity index is 942. The van der Waals surface area contributed by atoms with E-state index in [0.29, 0.717) is 6.42 Å². The molecule has 7 N–H and O–H groups in total. The number of hydrogen-bond acceptors (Lipinski definition) is 7. The summed E-state index contributed by atoms with van der Waals surface area (Å²) in [5.41, 5.74) is 0. The molecule has 0 aliphatic rings. The monoisotopic (exact) mass is 643 g/mol. The topological polar surface area (TPSA) is 236 Å². The Hall–Kier alpha value is -3.71. The molecule has 3 amide bonds. The number of carboxylic acids is 4. The predicted octanol–water partition coefficient (Wildman–Crippen LogP) is 3.60. The molecule has 0 fully saturated rings. The summed E-state index contributed by atoms with van der Waals surface area (Å²) in [6.07, 6.45) is 16.8. The highest BCUT2D eigenvalue weighted by Crippen LogP contribution is 2.14. The average molecular weight is 644 g/mol. The number of carboxylic acid groups (broad SMARTS) is 4. The van der Waals surface area contributed by atoms with Crippen molar-refractivity contribution >= 4 is 41.6 Å². The molecule has 0 aliphatic carbocycles. The van der Waals surface area contributed by atoms with Crippen LogP contribution in [-0.4, -0.2) is 80.2 Å². The molecule has 14 heteroatoms. The van der Waals surface area contributed by atoms with Crippen LogP contribution >= 0.6 is 0 Å². The van der Waals surface area contributed by atoms with Gasteiger partial charge in [0.1, 0.15) is 12.1 Å². The predicted molar refractivity (Wildman–Crippen MR) is 164 cm³/mol. The lowest BCUT2D eigenvalue weighted by Crippen LogP contribution is -2.54. The molecule has 0 rings (SSSR count). The molecule has 0 aromatic heterocycles. The molecule has 0 saturated heterocycles. The molecule has 0 aliphatic heterocycles. The Labute approximate surface area is 265 Å². The smallest absolute Gasteiger partial charge is 0.336 e. The Balaban J connectivity index is 3.98. The number of carbonyl (C=O) groups excluding carboxylic acids is 3. The van der Waals surface area contributed by atoms with Crippen LogP contribution in [0.4, 0.5) is 0 Å². The zero-order valence-electron chi connectivity index (χ0n) is 26.5. The van der Waals surface area contributed by atoms with E-state index in [1.165, 1.54) is 51.4 Å². The van der Waals surface area contributed by atoms with Crippen molar-refractivity contribution < 1.29 is 54.0 Å². The second-order valence-corrected chi connectivity index (χ2v) is 11.5. The molecular formula is C31H53N3O11. The third-order valence-electron chi connectivity index (χ3n) is 7.38. The molecule has 0 saturated carbocycles. The van der Waals surface area contributed by atoms with E-state index in [4.69, 9.17) is 10.2 Å². The van der Waals surface area contributed by atoms with Gasteiger partial charge in [0.2, 0.25) is 17.9 Å². The van der Waals surface area contributed by atoms with Crippen molar-refractivity contribution in [2.75, 3.05) is 0 Å². The van der Waals surface area contributed by atoms with Crippen molar-refractivity contribution in [2.24, 2.45) is 0 Å². The molecule has 0 unspecified atom stereocenters. The molecule has 0 aromatic carbocycles. The first kappa shape index (κ1) is 41.3. The molecule has 14 nitrogen and oxygen atoms in total. The lowest BCUT2D eigenvalue weighted by atomic mass is 10.0. The van der Waals surface area contributed by atoms with Crippen LogP contribution in [0.25, 0.3) is 0 Å². The van der Waals surface area contributed by atoms with Gasteiger partial charge in [-0.25, -0.2) is 9.59 Å². The maximum Gasteiger partial charge on any atom is 0.336 e. The number of amides is 3. The van der Waals surface area contributed by atoms with Crippen LogP contribution in [0.3, 0.4) is 0 Å². The number of aliphatic carboxylic acids is 4. The Kier molecular flexibility index (Phi) is 23.5. The minimum atomic E-state index is -2.06. The van der Waals surface area contributed by atoms with Crippen LogP contribution in [0, 0.1) is 0 Å². The molecule has 45 heavy (non-hydrogen) atoms. The van der Waals surface area contributed by atoms with E-state index in [2.05, 4.69) is 5.32 Å². The quantitative estimate of drug-likeness (QED) is 0.0459. The number of rotatable bonds is 29. The van der Waals surface area contributed by atoms with E-state index in [9.17, 15) is 43.8 Å². The van der Waals surface area contributed by atoms with Crippen molar-refractivity contribution in [3.8, 4) is 0 Å². The maximum absolute atomic E-state index is 12.2. The van der Waals surface area contributed by atoms with Gasteiger partial charge in [-0.2, -0.15) is 0 Å². The Morgan fingerprint density at radius 2 is 0.867 bits per heavy atom. The molecule has 0 spiro atoms. The molecule has 0 radical (unpaired) electrons. The minimum absolute atomic E-state index is 0.140. The van der Waals surface area contributed by atoms with Crippen LogP contribution in [0.5, 0.6) is 0 Å². The van der Waals surface area contributed by atoms with Crippen molar-refractivity contribution in [3.63, 3.8) is 0 Å². The summed E-state index contributed by atoms with van der Waals surface area (Å²) in [7, 11) is 0. The summed E-state index contributed by atoms with van der Waals surface area (Å²) >= 11 is 0. The van der Waals surface area contributed by atoms with E-state index in [1.807, 2.05) is 10.6 Å². The van der Waals surface area contributed by atoms with Gasteiger partial charge in [0.05, 0.1) is 0 Å². The van der Waals surface area contributed by atoms with Gasteiger partial charge in [-0.05, 0) is 26.2 Å².